The topological polar surface area (TPSA) is 87.1 Å². The SMILES string of the molecule is CCc1ccnc(Nc2cc(N3CC4(CCN(C(C)=O)CC4)C3)nc(-c3cccnc3)n2)c1. The normalized spacial score (nSPS) is 17.0. The van der Waals surface area contributed by atoms with Crippen molar-refractivity contribution in [3.8, 4) is 11.4 Å². The van der Waals surface area contributed by atoms with E-state index in [-0.39, 0.29) is 11.3 Å². The summed E-state index contributed by atoms with van der Waals surface area (Å²) in [5.41, 5.74) is 2.37. The highest BCUT2D eigenvalue weighted by Gasteiger charge is 2.45. The standard InChI is InChI=1S/C25H29N7O/c1-3-19-6-10-27-21(13-19)28-22-14-23(30-24(29-22)20-5-4-9-26-15-20)32-16-25(17-32)7-11-31(12-8-25)18(2)33/h4-6,9-10,13-15H,3,7-8,11-12,16-17H2,1-2H3,(H,27,28,29,30). The number of rotatable bonds is 5. The van der Waals surface area contributed by atoms with Gasteiger partial charge in [0.05, 0.1) is 0 Å². The molecule has 2 fully saturated rings. The van der Waals surface area contributed by atoms with Crippen LogP contribution >= 0.6 is 0 Å². The van der Waals surface area contributed by atoms with E-state index in [1.54, 1.807) is 19.3 Å². The summed E-state index contributed by atoms with van der Waals surface area (Å²) in [5, 5.41) is 3.37. The third-order valence-corrected chi connectivity index (χ3v) is 6.77. The highest BCUT2D eigenvalue weighted by molar-refractivity contribution is 5.73. The van der Waals surface area contributed by atoms with Gasteiger partial charge in [0.25, 0.3) is 0 Å². The fraction of sp³-hybridized carbons (Fsp3) is 0.400. The van der Waals surface area contributed by atoms with Gasteiger partial charge >= 0.3 is 0 Å². The first-order valence-corrected chi connectivity index (χ1v) is 11.6. The van der Waals surface area contributed by atoms with Gasteiger partial charge in [0, 0.05) is 68.7 Å². The number of aryl methyl sites for hydroxylation is 1. The zero-order chi connectivity index (χ0) is 22.8. The molecule has 0 unspecified atom stereocenters. The van der Waals surface area contributed by atoms with Crippen LogP contribution in [0.1, 0.15) is 32.3 Å². The lowest BCUT2D eigenvalue weighted by molar-refractivity contribution is -0.131. The maximum absolute atomic E-state index is 11.7. The molecule has 0 aliphatic carbocycles. The minimum atomic E-state index is 0.175. The van der Waals surface area contributed by atoms with Crippen LogP contribution in [-0.2, 0) is 11.2 Å². The van der Waals surface area contributed by atoms with Gasteiger partial charge in [0.2, 0.25) is 5.91 Å². The first-order valence-electron chi connectivity index (χ1n) is 11.6. The number of amides is 1. The summed E-state index contributed by atoms with van der Waals surface area (Å²) in [6, 6.07) is 9.94. The molecular weight excluding hydrogens is 414 g/mol. The Labute approximate surface area is 194 Å². The summed E-state index contributed by atoms with van der Waals surface area (Å²) in [4.78, 5) is 34.3. The first kappa shape index (κ1) is 21.3. The minimum absolute atomic E-state index is 0.175. The predicted molar refractivity (Wildman–Crippen MR) is 128 cm³/mol. The summed E-state index contributed by atoms with van der Waals surface area (Å²) in [6.07, 6.45) is 8.39. The smallest absolute Gasteiger partial charge is 0.219 e. The molecule has 0 saturated carbocycles. The van der Waals surface area contributed by atoms with E-state index in [1.165, 1.54) is 5.56 Å². The summed E-state index contributed by atoms with van der Waals surface area (Å²) in [5.74, 6) is 3.20. The number of likely N-dealkylation sites (tertiary alicyclic amines) is 1. The second-order valence-electron chi connectivity index (χ2n) is 9.07. The molecule has 3 aromatic heterocycles. The molecule has 1 spiro atoms. The van der Waals surface area contributed by atoms with Crippen molar-refractivity contribution >= 4 is 23.4 Å². The van der Waals surface area contributed by atoms with Crippen molar-refractivity contribution in [3.63, 3.8) is 0 Å². The van der Waals surface area contributed by atoms with Gasteiger partial charge in [-0.25, -0.2) is 15.0 Å². The number of carbonyl (C=O) groups excluding carboxylic acids is 1. The molecule has 2 aliphatic heterocycles. The largest absolute Gasteiger partial charge is 0.355 e. The van der Waals surface area contributed by atoms with Crippen LogP contribution < -0.4 is 10.2 Å². The summed E-state index contributed by atoms with van der Waals surface area (Å²) in [7, 11) is 0. The van der Waals surface area contributed by atoms with E-state index in [2.05, 4.69) is 27.1 Å². The summed E-state index contributed by atoms with van der Waals surface area (Å²) < 4.78 is 0. The number of hydrogen-bond donors (Lipinski definition) is 1. The number of nitrogens with zero attached hydrogens (tertiary/aromatic N) is 6. The van der Waals surface area contributed by atoms with E-state index >= 15 is 0 Å². The van der Waals surface area contributed by atoms with Crippen LogP contribution in [0.4, 0.5) is 17.5 Å². The van der Waals surface area contributed by atoms with Crippen LogP contribution in [0.3, 0.4) is 0 Å². The lowest BCUT2D eigenvalue weighted by Gasteiger charge is -2.54. The molecule has 8 heteroatoms. The third-order valence-electron chi connectivity index (χ3n) is 6.77. The summed E-state index contributed by atoms with van der Waals surface area (Å²) >= 11 is 0. The predicted octanol–water partition coefficient (Wildman–Crippen LogP) is 3.69. The molecule has 33 heavy (non-hydrogen) atoms. The highest BCUT2D eigenvalue weighted by atomic mass is 16.2. The molecule has 1 amide bonds. The van der Waals surface area contributed by atoms with E-state index < -0.39 is 0 Å². The monoisotopic (exact) mass is 443 g/mol. The third kappa shape index (κ3) is 4.51. The number of nitrogens with one attached hydrogen (secondary N) is 1. The van der Waals surface area contributed by atoms with Crippen LogP contribution in [-0.4, -0.2) is 56.9 Å². The van der Waals surface area contributed by atoms with Gasteiger partial charge in [-0.2, -0.15) is 0 Å². The number of piperidine rings is 1. The van der Waals surface area contributed by atoms with Crippen LogP contribution in [0.15, 0.2) is 48.9 Å². The number of anilines is 3. The maximum Gasteiger partial charge on any atom is 0.219 e. The molecule has 2 aliphatic rings. The number of aromatic nitrogens is 4. The Morgan fingerprint density at radius 2 is 1.91 bits per heavy atom. The Kier molecular flexibility index (Phi) is 5.66. The fourth-order valence-corrected chi connectivity index (χ4v) is 4.72. The van der Waals surface area contributed by atoms with Gasteiger partial charge in [-0.05, 0) is 49.1 Å². The maximum atomic E-state index is 11.7. The molecule has 3 aromatic rings. The van der Waals surface area contributed by atoms with Crippen LogP contribution in [0, 0.1) is 5.41 Å². The van der Waals surface area contributed by atoms with Gasteiger partial charge < -0.3 is 15.1 Å². The van der Waals surface area contributed by atoms with E-state index in [1.807, 2.05) is 41.4 Å². The average Bonchev–Trinajstić information content (AvgIpc) is 2.83. The number of hydrogen-bond acceptors (Lipinski definition) is 7. The molecule has 0 aromatic carbocycles. The number of carbonyl (C=O) groups is 1. The molecule has 1 N–H and O–H groups in total. The first-order chi connectivity index (χ1) is 16.0. The molecule has 0 bridgehead atoms. The van der Waals surface area contributed by atoms with Gasteiger partial charge in [0.1, 0.15) is 17.5 Å². The molecule has 170 valence electrons. The Morgan fingerprint density at radius 3 is 2.61 bits per heavy atom. The highest BCUT2D eigenvalue weighted by Crippen LogP contribution is 2.42. The zero-order valence-corrected chi connectivity index (χ0v) is 19.2. The van der Waals surface area contributed by atoms with Crippen LogP contribution in [0.25, 0.3) is 11.4 Å². The molecular formula is C25H29N7O. The average molecular weight is 444 g/mol. The van der Waals surface area contributed by atoms with E-state index in [9.17, 15) is 4.79 Å². The van der Waals surface area contributed by atoms with E-state index in [0.29, 0.717) is 11.6 Å². The lowest BCUT2D eigenvalue weighted by Crippen LogP contribution is -2.61. The van der Waals surface area contributed by atoms with Gasteiger partial charge in [-0.3, -0.25) is 9.78 Å². The van der Waals surface area contributed by atoms with Crippen molar-refractivity contribution in [2.45, 2.75) is 33.1 Å². The van der Waals surface area contributed by atoms with Crippen LogP contribution in [0.5, 0.6) is 0 Å². The minimum Gasteiger partial charge on any atom is -0.355 e. The molecule has 5 heterocycles. The summed E-state index contributed by atoms with van der Waals surface area (Å²) in [6.45, 7) is 7.38. The number of pyridine rings is 2. The molecule has 2 saturated heterocycles. The Bertz CT molecular complexity index is 1130. The lowest BCUT2D eigenvalue weighted by atomic mass is 9.72. The van der Waals surface area contributed by atoms with Crippen molar-refractivity contribution in [2.24, 2.45) is 5.41 Å². The second-order valence-corrected chi connectivity index (χ2v) is 9.07. The van der Waals surface area contributed by atoms with Crippen molar-refractivity contribution in [3.05, 3.63) is 54.5 Å². The van der Waals surface area contributed by atoms with Crippen molar-refractivity contribution in [1.29, 1.82) is 0 Å². The van der Waals surface area contributed by atoms with Crippen molar-refractivity contribution < 1.29 is 4.79 Å². The molecule has 0 radical (unpaired) electrons. The van der Waals surface area contributed by atoms with Gasteiger partial charge in [-0.1, -0.05) is 6.92 Å². The van der Waals surface area contributed by atoms with Gasteiger partial charge in [-0.15, -0.1) is 0 Å². The Morgan fingerprint density at radius 1 is 1.09 bits per heavy atom. The fourth-order valence-electron chi connectivity index (χ4n) is 4.72. The Balaban J connectivity index is 1.39. The van der Waals surface area contributed by atoms with Crippen LogP contribution in [0.2, 0.25) is 0 Å². The molecule has 8 nitrogen and oxygen atoms in total. The van der Waals surface area contributed by atoms with Crippen molar-refractivity contribution in [2.75, 3.05) is 36.4 Å². The van der Waals surface area contributed by atoms with E-state index in [0.717, 1.165) is 62.6 Å². The molecule has 0 atom stereocenters. The Hall–Kier alpha value is -3.55. The van der Waals surface area contributed by atoms with Crippen molar-refractivity contribution in [1.82, 2.24) is 24.8 Å². The van der Waals surface area contributed by atoms with E-state index in [4.69, 9.17) is 9.97 Å². The van der Waals surface area contributed by atoms with Gasteiger partial charge in [0.15, 0.2) is 5.82 Å². The zero-order valence-electron chi connectivity index (χ0n) is 19.2. The quantitative estimate of drug-likeness (QED) is 0.643. The second kappa shape index (κ2) is 8.77. The molecule has 5 rings (SSSR count).